The van der Waals surface area contributed by atoms with Crippen LogP contribution in [0.1, 0.15) is 80.8 Å². The maximum Gasteiger partial charge on any atom is 0.257 e. The second-order valence-electron chi connectivity index (χ2n) is 8.76. The summed E-state index contributed by atoms with van der Waals surface area (Å²) in [5.41, 5.74) is 3.45. The number of fused-ring (bicyclic) bond motifs is 1. The summed E-state index contributed by atoms with van der Waals surface area (Å²) in [4.78, 5) is 27.9. The van der Waals surface area contributed by atoms with Crippen molar-refractivity contribution < 1.29 is 9.21 Å². The van der Waals surface area contributed by atoms with Crippen molar-refractivity contribution in [3.63, 3.8) is 0 Å². The van der Waals surface area contributed by atoms with Crippen molar-refractivity contribution in [3.8, 4) is 11.3 Å². The van der Waals surface area contributed by atoms with Gasteiger partial charge in [-0.25, -0.2) is 0 Å². The zero-order valence-electron chi connectivity index (χ0n) is 20.6. The fourth-order valence-corrected chi connectivity index (χ4v) is 4.37. The Hall–Kier alpha value is -2.88. The largest absolute Gasteiger partial charge is 0.455 e. The van der Waals surface area contributed by atoms with Crippen LogP contribution in [0.25, 0.3) is 22.3 Å². The molecule has 1 heterocycles. The van der Waals surface area contributed by atoms with Gasteiger partial charge < -0.3 is 9.32 Å². The van der Waals surface area contributed by atoms with Gasteiger partial charge >= 0.3 is 0 Å². The van der Waals surface area contributed by atoms with Gasteiger partial charge in [0.25, 0.3) is 5.91 Å². The number of para-hydroxylation sites is 1. The van der Waals surface area contributed by atoms with Gasteiger partial charge in [-0.2, -0.15) is 0 Å². The molecule has 0 radical (unpaired) electrons. The Kier molecular flexibility index (Phi) is 8.87. The standard InChI is InChI=1S/C29H37NO3/c1-5-8-9-10-11-12-14-22-17-19-23(20-18-22)27-21(4)26(31)24-15-13-16-25(28(24)33-27)29(32)30(6-2)7-3/h13,15-20H,5-12,14H2,1-4H3. The third-order valence-electron chi connectivity index (χ3n) is 6.46. The first-order chi connectivity index (χ1) is 16.0. The van der Waals surface area contributed by atoms with E-state index in [0.29, 0.717) is 40.9 Å². The minimum Gasteiger partial charge on any atom is -0.455 e. The Labute approximate surface area is 197 Å². The van der Waals surface area contributed by atoms with Gasteiger partial charge in [-0.3, -0.25) is 9.59 Å². The van der Waals surface area contributed by atoms with Crippen molar-refractivity contribution in [3.05, 3.63) is 69.4 Å². The summed E-state index contributed by atoms with van der Waals surface area (Å²) in [6.07, 6.45) is 8.77. The molecule has 176 valence electrons. The Balaban J connectivity index is 1.89. The van der Waals surface area contributed by atoms with E-state index in [1.165, 1.54) is 44.1 Å². The molecule has 0 aliphatic carbocycles. The molecule has 0 spiro atoms. The molecule has 2 aromatic carbocycles. The summed E-state index contributed by atoms with van der Waals surface area (Å²) in [5, 5.41) is 0.453. The highest BCUT2D eigenvalue weighted by molar-refractivity contribution is 6.05. The van der Waals surface area contributed by atoms with Crippen LogP contribution in [0.15, 0.2) is 51.7 Å². The number of hydrogen-bond acceptors (Lipinski definition) is 3. The van der Waals surface area contributed by atoms with Crippen LogP contribution < -0.4 is 5.43 Å². The van der Waals surface area contributed by atoms with Crippen molar-refractivity contribution in [1.29, 1.82) is 0 Å². The lowest BCUT2D eigenvalue weighted by molar-refractivity contribution is 0.0774. The van der Waals surface area contributed by atoms with Crippen molar-refractivity contribution in [2.24, 2.45) is 0 Å². The van der Waals surface area contributed by atoms with Gasteiger partial charge in [0.1, 0.15) is 5.76 Å². The highest BCUT2D eigenvalue weighted by Gasteiger charge is 2.21. The first-order valence-corrected chi connectivity index (χ1v) is 12.5. The van der Waals surface area contributed by atoms with Crippen molar-refractivity contribution >= 4 is 16.9 Å². The number of rotatable bonds is 11. The summed E-state index contributed by atoms with van der Waals surface area (Å²) >= 11 is 0. The summed E-state index contributed by atoms with van der Waals surface area (Å²) in [6.45, 7) is 9.15. The van der Waals surface area contributed by atoms with E-state index in [1.807, 2.05) is 26.0 Å². The lowest BCUT2D eigenvalue weighted by atomic mass is 10.0. The molecule has 4 heteroatoms. The molecule has 3 aromatic rings. The van der Waals surface area contributed by atoms with E-state index < -0.39 is 0 Å². The number of carbonyl (C=O) groups excluding carboxylic acids is 1. The van der Waals surface area contributed by atoms with E-state index in [4.69, 9.17) is 4.42 Å². The smallest absolute Gasteiger partial charge is 0.257 e. The zero-order valence-corrected chi connectivity index (χ0v) is 20.6. The molecule has 0 atom stereocenters. The Bertz CT molecular complexity index is 1120. The van der Waals surface area contributed by atoms with Crippen LogP contribution >= 0.6 is 0 Å². The monoisotopic (exact) mass is 447 g/mol. The molecule has 0 fully saturated rings. The molecule has 1 aromatic heterocycles. The molecule has 0 N–H and O–H groups in total. The summed E-state index contributed by atoms with van der Waals surface area (Å²) in [7, 11) is 0. The number of carbonyl (C=O) groups is 1. The zero-order chi connectivity index (χ0) is 23.8. The Morgan fingerprint density at radius 2 is 1.55 bits per heavy atom. The lowest BCUT2D eigenvalue weighted by Crippen LogP contribution is -2.30. The van der Waals surface area contributed by atoms with Crippen LogP contribution in [-0.2, 0) is 6.42 Å². The molecule has 4 nitrogen and oxygen atoms in total. The van der Waals surface area contributed by atoms with Crippen LogP contribution in [-0.4, -0.2) is 23.9 Å². The minimum atomic E-state index is -0.113. The fraction of sp³-hybridized carbons (Fsp3) is 0.448. The molecule has 3 rings (SSSR count). The number of benzene rings is 2. The SMILES string of the molecule is CCCCCCCCc1ccc(-c2oc3c(C(=O)N(CC)CC)cccc3c(=O)c2C)cc1. The van der Waals surface area contributed by atoms with E-state index in [1.54, 1.807) is 30.0 Å². The summed E-state index contributed by atoms with van der Waals surface area (Å²) in [5.74, 6) is 0.427. The van der Waals surface area contributed by atoms with Gasteiger partial charge in [-0.15, -0.1) is 0 Å². The number of hydrogen-bond donors (Lipinski definition) is 0. The topological polar surface area (TPSA) is 50.5 Å². The molecule has 33 heavy (non-hydrogen) atoms. The quantitative estimate of drug-likeness (QED) is 0.293. The number of aryl methyl sites for hydroxylation is 1. The van der Waals surface area contributed by atoms with Crippen molar-refractivity contribution in [2.45, 2.75) is 72.6 Å². The molecule has 0 bridgehead atoms. The van der Waals surface area contributed by atoms with Gasteiger partial charge in [0.2, 0.25) is 0 Å². The normalized spacial score (nSPS) is 11.2. The van der Waals surface area contributed by atoms with Crippen LogP contribution in [0, 0.1) is 6.92 Å². The Morgan fingerprint density at radius 3 is 2.21 bits per heavy atom. The highest BCUT2D eigenvalue weighted by Crippen LogP contribution is 2.28. The van der Waals surface area contributed by atoms with Crippen molar-refractivity contribution in [1.82, 2.24) is 4.90 Å². The van der Waals surface area contributed by atoms with Crippen LogP contribution in [0.3, 0.4) is 0 Å². The van der Waals surface area contributed by atoms with Gasteiger partial charge in [0.05, 0.1) is 10.9 Å². The minimum absolute atomic E-state index is 0.0865. The molecule has 0 aliphatic heterocycles. The molecule has 0 aliphatic rings. The average molecular weight is 448 g/mol. The maximum absolute atomic E-state index is 13.1. The van der Waals surface area contributed by atoms with E-state index in [-0.39, 0.29) is 11.3 Å². The fourth-order valence-electron chi connectivity index (χ4n) is 4.37. The third kappa shape index (κ3) is 5.73. The second kappa shape index (κ2) is 11.8. The number of unbranched alkanes of at least 4 members (excludes halogenated alkanes) is 5. The second-order valence-corrected chi connectivity index (χ2v) is 8.76. The lowest BCUT2D eigenvalue weighted by Gasteiger charge is -2.19. The number of nitrogens with zero attached hydrogens (tertiary/aromatic N) is 1. The maximum atomic E-state index is 13.1. The van der Waals surface area contributed by atoms with E-state index in [0.717, 1.165) is 12.0 Å². The van der Waals surface area contributed by atoms with Crippen LogP contribution in [0.5, 0.6) is 0 Å². The Morgan fingerprint density at radius 1 is 0.879 bits per heavy atom. The van der Waals surface area contributed by atoms with Gasteiger partial charge in [0, 0.05) is 24.2 Å². The van der Waals surface area contributed by atoms with Gasteiger partial charge in [-0.1, -0.05) is 69.4 Å². The van der Waals surface area contributed by atoms with E-state index >= 15 is 0 Å². The summed E-state index contributed by atoms with van der Waals surface area (Å²) in [6, 6.07) is 13.5. The first kappa shape index (κ1) is 24.8. The van der Waals surface area contributed by atoms with Crippen molar-refractivity contribution in [2.75, 3.05) is 13.1 Å². The molecule has 0 unspecified atom stereocenters. The average Bonchev–Trinajstić information content (AvgIpc) is 2.84. The van der Waals surface area contributed by atoms with E-state index in [9.17, 15) is 9.59 Å². The van der Waals surface area contributed by atoms with Crippen LogP contribution in [0.2, 0.25) is 0 Å². The molecular weight excluding hydrogens is 410 g/mol. The van der Waals surface area contributed by atoms with Gasteiger partial charge in [-0.05, 0) is 51.3 Å². The molecule has 1 amide bonds. The highest BCUT2D eigenvalue weighted by atomic mass is 16.3. The number of amides is 1. The third-order valence-corrected chi connectivity index (χ3v) is 6.46. The molecule has 0 saturated carbocycles. The predicted octanol–water partition coefficient (Wildman–Crippen LogP) is 7.15. The van der Waals surface area contributed by atoms with Crippen LogP contribution in [0.4, 0.5) is 0 Å². The molecular formula is C29H37NO3. The molecule has 0 saturated heterocycles. The van der Waals surface area contributed by atoms with E-state index in [2.05, 4.69) is 19.1 Å². The van der Waals surface area contributed by atoms with Gasteiger partial charge in [0.15, 0.2) is 11.0 Å². The summed E-state index contributed by atoms with van der Waals surface area (Å²) < 4.78 is 6.28. The predicted molar refractivity (Wildman–Crippen MR) is 137 cm³/mol. The first-order valence-electron chi connectivity index (χ1n) is 12.5.